The number of nitrogens with zero attached hydrogens (tertiary/aromatic N) is 3. The molecular weight excluding hydrogens is 529 g/mol. The molecule has 0 atom stereocenters. The molecule has 1 aromatic heterocycles. The van der Waals surface area contributed by atoms with Crippen molar-refractivity contribution < 1.29 is 27.1 Å². The number of sulfonamides is 1. The van der Waals surface area contributed by atoms with Gasteiger partial charge in [-0.1, -0.05) is 47.7 Å². The van der Waals surface area contributed by atoms with E-state index < -0.39 is 15.8 Å². The maximum atomic E-state index is 14.4. The molecule has 200 valence electrons. The number of hydrogen-bond acceptors (Lipinski definition) is 7. The largest absolute Gasteiger partial charge is 0.383 e. The Hall–Kier alpha value is -3.22. The average Bonchev–Trinajstić information content (AvgIpc) is 3.37. The van der Waals surface area contributed by atoms with E-state index >= 15 is 0 Å². The summed E-state index contributed by atoms with van der Waals surface area (Å²) >= 11 is 1.22. The summed E-state index contributed by atoms with van der Waals surface area (Å²) in [7, 11) is -0.830. The van der Waals surface area contributed by atoms with Gasteiger partial charge in [0.2, 0.25) is 10.0 Å². The van der Waals surface area contributed by atoms with Crippen LogP contribution in [-0.4, -0.2) is 64.1 Å². The number of carbonyl (C=O) groups is 1. The van der Waals surface area contributed by atoms with Crippen LogP contribution in [0.4, 0.5) is 9.52 Å². The Balaban J connectivity index is 1.65. The molecule has 4 rings (SSSR count). The van der Waals surface area contributed by atoms with Crippen LogP contribution >= 0.6 is 11.3 Å². The molecule has 0 aliphatic heterocycles. The number of carbonyl (C=O) groups excluding carboxylic acids is 1. The number of thiazole rings is 1. The molecule has 8 nitrogen and oxygen atoms in total. The van der Waals surface area contributed by atoms with E-state index in [1.165, 1.54) is 65.1 Å². The number of hydrogen-bond donors (Lipinski definition) is 0. The smallest absolute Gasteiger partial charge is 0.260 e. The highest BCUT2D eigenvalue weighted by molar-refractivity contribution is 7.89. The summed E-state index contributed by atoms with van der Waals surface area (Å²) in [5.41, 5.74) is 1.35. The average molecular weight is 558 g/mol. The molecule has 4 aromatic rings. The molecule has 1 heterocycles. The van der Waals surface area contributed by atoms with Crippen LogP contribution in [0.15, 0.2) is 77.7 Å². The Labute approximate surface area is 225 Å². The second kappa shape index (κ2) is 12.5. The maximum absolute atomic E-state index is 14.4. The molecule has 11 heteroatoms. The quantitative estimate of drug-likeness (QED) is 0.254. The third-order valence-electron chi connectivity index (χ3n) is 5.85. The Bertz CT molecular complexity index is 1470. The zero-order valence-electron chi connectivity index (χ0n) is 21.0. The van der Waals surface area contributed by atoms with Crippen molar-refractivity contribution in [2.75, 3.05) is 45.4 Å². The van der Waals surface area contributed by atoms with Crippen LogP contribution in [-0.2, 0) is 26.0 Å². The van der Waals surface area contributed by atoms with Crippen molar-refractivity contribution in [1.29, 1.82) is 0 Å². The van der Waals surface area contributed by atoms with E-state index in [1.807, 2.05) is 30.3 Å². The number of methoxy groups -OCH3 is 2. The van der Waals surface area contributed by atoms with Crippen molar-refractivity contribution in [2.24, 2.45) is 0 Å². The summed E-state index contributed by atoms with van der Waals surface area (Å²) in [6.07, 6.45) is 0. The molecule has 0 fully saturated rings. The number of aromatic nitrogens is 1. The standard InChI is InChI=1S/C27H28FN3O5S2/c1-35-17-15-30(16-18-36-2)38(33,34)22-13-11-21(12-14-22)26(32)31(19-20-7-4-3-5-8-20)27-29-25-23(28)9-6-10-24(25)37-27/h3-14H,15-19H2,1-2H3. The van der Waals surface area contributed by atoms with E-state index in [-0.39, 0.29) is 54.7 Å². The summed E-state index contributed by atoms with van der Waals surface area (Å²) < 4.78 is 52.8. The minimum atomic E-state index is -3.83. The topological polar surface area (TPSA) is 89.0 Å². The lowest BCUT2D eigenvalue weighted by atomic mass is 10.1. The lowest BCUT2D eigenvalue weighted by molar-refractivity contribution is 0.0985. The third kappa shape index (κ3) is 6.25. The SMILES string of the molecule is COCCN(CCOC)S(=O)(=O)c1ccc(C(=O)N(Cc2ccccc2)c2nc3c(F)cccc3s2)cc1. The molecule has 0 radical (unpaired) electrons. The Morgan fingerprint density at radius 1 is 0.921 bits per heavy atom. The number of anilines is 1. The van der Waals surface area contributed by atoms with Gasteiger partial charge in [-0.3, -0.25) is 9.69 Å². The highest BCUT2D eigenvalue weighted by Gasteiger charge is 2.26. The zero-order chi connectivity index (χ0) is 27.1. The van der Waals surface area contributed by atoms with Gasteiger partial charge in [-0.15, -0.1) is 0 Å². The number of amides is 1. The predicted molar refractivity (Wildman–Crippen MR) is 145 cm³/mol. The molecule has 0 N–H and O–H groups in total. The molecule has 38 heavy (non-hydrogen) atoms. The van der Waals surface area contributed by atoms with Crippen molar-refractivity contribution in [3.05, 3.63) is 89.7 Å². The fraction of sp³-hybridized carbons (Fsp3) is 0.259. The number of fused-ring (bicyclic) bond motifs is 1. The number of halogens is 1. The van der Waals surface area contributed by atoms with E-state index in [2.05, 4.69) is 4.98 Å². The van der Waals surface area contributed by atoms with E-state index in [0.717, 1.165) is 5.56 Å². The molecule has 0 saturated carbocycles. The minimum Gasteiger partial charge on any atom is -0.383 e. The van der Waals surface area contributed by atoms with E-state index in [1.54, 1.807) is 12.1 Å². The molecule has 0 saturated heterocycles. The molecule has 0 unspecified atom stereocenters. The molecule has 3 aromatic carbocycles. The molecule has 0 spiro atoms. The van der Waals surface area contributed by atoms with Crippen molar-refractivity contribution in [2.45, 2.75) is 11.4 Å². The van der Waals surface area contributed by atoms with Crippen LogP contribution in [0, 0.1) is 5.82 Å². The van der Waals surface area contributed by atoms with Crippen molar-refractivity contribution >= 4 is 42.6 Å². The fourth-order valence-corrected chi connectivity index (χ4v) is 6.21. The summed E-state index contributed by atoms with van der Waals surface area (Å²) in [6.45, 7) is 1.01. The fourth-order valence-electron chi connectivity index (χ4n) is 3.82. The summed E-state index contributed by atoms with van der Waals surface area (Å²) in [6, 6.07) is 19.9. The number of ether oxygens (including phenoxy) is 2. The molecule has 1 amide bonds. The molecule has 0 aliphatic rings. The number of para-hydroxylation sites is 1. The first-order valence-corrected chi connectivity index (χ1v) is 14.1. The Kier molecular flexibility index (Phi) is 9.18. The van der Waals surface area contributed by atoms with Gasteiger partial charge in [0.1, 0.15) is 11.3 Å². The van der Waals surface area contributed by atoms with Gasteiger partial charge in [-0.25, -0.2) is 17.8 Å². The van der Waals surface area contributed by atoms with Gasteiger partial charge in [-0.2, -0.15) is 4.31 Å². The molecule has 0 bridgehead atoms. The van der Waals surface area contributed by atoms with Gasteiger partial charge in [0.05, 0.1) is 29.4 Å². The summed E-state index contributed by atoms with van der Waals surface area (Å²) in [4.78, 5) is 19.6. The lowest BCUT2D eigenvalue weighted by Crippen LogP contribution is -2.36. The van der Waals surface area contributed by atoms with Gasteiger partial charge in [-0.05, 0) is 42.0 Å². The van der Waals surface area contributed by atoms with Crippen LogP contribution in [0.3, 0.4) is 0 Å². The maximum Gasteiger partial charge on any atom is 0.260 e. The van der Waals surface area contributed by atoms with Gasteiger partial charge < -0.3 is 9.47 Å². The van der Waals surface area contributed by atoms with Gasteiger partial charge in [0.25, 0.3) is 5.91 Å². The van der Waals surface area contributed by atoms with Crippen molar-refractivity contribution in [1.82, 2.24) is 9.29 Å². The van der Waals surface area contributed by atoms with Crippen LogP contribution in [0.1, 0.15) is 15.9 Å². The first kappa shape index (κ1) is 27.8. The normalized spacial score (nSPS) is 11.8. The van der Waals surface area contributed by atoms with Crippen LogP contribution < -0.4 is 4.90 Å². The van der Waals surface area contributed by atoms with Crippen LogP contribution in [0.25, 0.3) is 10.2 Å². The van der Waals surface area contributed by atoms with Crippen LogP contribution in [0.5, 0.6) is 0 Å². The van der Waals surface area contributed by atoms with Gasteiger partial charge >= 0.3 is 0 Å². The number of benzene rings is 3. The zero-order valence-corrected chi connectivity index (χ0v) is 22.7. The summed E-state index contributed by atoms with van der Waals surface area (Å²) in [5, 5.41) is 0.348. The van der Waals surface area contributed by atoms with Crippen molar-refractivity contribution in [3.63, 3.8) is 0 Å². The highest BCUT2D eigenvalue weighted by atomic mass is 32.2. The van der Waals surface area contributed by atoms with E-state index in [0.29, 0.717) is 9.83 Å². The first-order chi connectivity index (χ1) is 18.3. The lowest BCUT2D eigenvalue weighted by Gasteiger charge is -2.22. The van der Waals surface area contributed by atoms with E-state index in [4.69, 9.17) is 9.47 Å². The minimum absolute atomic E-state index is 0.0536. The Morgan fingerprint density at radius 3 is 2.18 bits per heavy atom. The van der Waals surface area contributed by atoms with Crippen molar-refractivity contribution in [3.8, 4) is 0 Å². The number of rotatable bonds is 12. The summed E-state index contributed by atoms with van der Waals surface area (Å²) in [5.74, 6) is -0.842. The monoisotopic (exact) mass is 557 g/mol. The van der Waals surface area contributed by atoms with Gasteiger partial charge in [0.15, 0.2) is 5.13 Å². The van der Waals surface area contributed by atoms with Gasteiger partial charge in [0, 0.05) is 32.9 Å². The highest BCUT2D eigenvalue weighted by Crippen LogP contribution is 2.32. The second-order valence-electron chi connectivity index (χ2n) is 8.37. The second-order valence-corrected chi connectivity index (χ2v) is 11.3. The van der Waals surface area contributed by atoms with Crippen LogP contribution in [0.2, 0.25) is 0 Å². The van der Waals surface area contributed by atoms with E-state index in [9.17, 15) is 17.6 Å². The Morgan fingerprint density at radius 2 is 1.58 bits per heavy atom. The first-order valence-electron chi connectivity index (χ1n) is 11.8. The molecule has 0 aliphatic carbocycles. The molecular formula is C27H28FN3O5S2. The predicted octanol–water partition coefficient (Wildman–Crippen LogP) is 4.57. The third-order valence-corrected chi connectivity index (χ3v) is 8.80.